The second-order valence-electron chi connectivity index (χ2n) is 6.02. The number of ether oxygens (including phenoxy) is 1. The molecular formula is C21H18BrNO4. The Labute approximate surface area is 165 Å². The maximum Gasteiger partial charge on any atom is 0.295 e. The van der Waals surface area contributed by atoms with Crippen LogP contribution >= 0.6 is 15.9 Å². The molecule has 1 aliphatic rings. The lowest BCUT2D eigenvalue weighted by atomic mass is 9.95. The molecule has 0 aromatic heterocycles. The molecule has 6 heteroatoms. The van der Waals surface area contributed by atoms with Crippen molar-refractivity contribution in [2.45, 2.75) is 6.04 Å². The van der Waals surface area contributed by atoms with Gasteiger partial charge in [-0.1, -0.05) is 46.3 Å². The molecule has 1 atom stereocenters. The molecule has 2 aromatic rings. The van der Waals surface area contributed by atoms with Gasteiger partial charge in [-0.3, -0.25) is 9.59 Å². The average Bonchev–Trinajstić information content (AvgIpc) is 2.93. The third kappa shape index (κ3) is 3.53. The van der Waals surface area contributed by atoms with Crippen molar-refractivity contribution in [3.05, 3.63) is 82.4 Å². The number of likely N-dealkylation sites (tertiary alicyclic amines) is 1. The van der Waals surface area contributed by atoms with Crippen LogP contribution in [0.3, 0.4) is 0 Å². The number of carbonyl (C=O) groups is 2. The number of aliphatic hydroxyl groups excluding tert-OH is 1. The van der Waals surface area contributed by atoms with E-state index < -0.39 is 17.7 Å². The smallest absolute Gasteiger partial charge is 0.295 e. The lowest BCUT2D eigenvalue weighted by Crippen LogP contribution is -2.29. The minimum Gasteiger partial charge on any atom is -0.507 e. The van der Waals surface area contributed by atoms with Gasteiger partial charge in [-0.2, -0.15) is 0 Å². The zero-order valence-corrected chi connectivity index (χ0v) is 16.3. The first-order valence-corrected chi connectivity index (χ1v) is 9.06. The molecule has 1 fully saturated rings. The summed E-state index contributed by atoms with van der Waals surface area (Å²) >= 11 is 3.34. The normalized spacial score (nSPS) is 18.6. The second kappa shape index (κ2) is 7.80. The number of benzene rings is 2. The van der Waals surface area contributed by atoms with Crippen LogP contribution in [-0.4, -0.2) is 35.4 Å². The van der Waals surface area contributed by atoms with E-state index in [-0.39, 0.29) is 17.9 Å². The maximum absolute atomic E-state index is 12.7. The largest absolute Gasteiger partial charge is 0.507 e. The number of rotatable bonds is 5. The second-order valence-corrected chi connectivity index (χ2v) is 6.94. The zero-order chi connectivity index (χ0) is 19.6. The van der Waals surface area contributed by atoms with Crippen molar-refractivity contribution >= 4 is 33.4 Å². The van der Waals surface area contributed by atoms with E-state index in [1.54, 1.807) is 61.7 Å². The van der Waals surface area contributed by atoms with Crippen LogP contribution in [0.4, 0.5) is 0 Å². The minimum atomic E-state index is -0.721. The summed E-state index contributed by atoms with van der Waals surface area (Å²) in [4.78, 5) is 26.7. The summed E-state index contributed by atoms with van der Waals surface area (Å²) in [7, 11) is 1.54. The fraction of sp³-hybridized carbons (Fsp3) is 0.143. The van der Waals surface area contributed by atoms with Crippen LogP contribution in [0.5, 0.6) is 5.75 Å². The van der Waals surface area contributed by atoms with Gasteiger partial charge >= 0.3 is 0 Å². The third-order valence-corrected chi connectivity index (χ3v) is 4.92. The van der Waals surface area contributed by atoms with E-state index in [1.165, 1.54) is 4.90 Å². The van der Waals surface area contributed by atoms with E-state index in [2.05, 4.69) is 22.5 Å². The third-order valence-electron chi connectivity index (χ3n) is 4.39. The Morgan fingerprint density at radius 1 is 1.26 bits per heavy atom. The zero-order valence-electron chi connectivity index (χ0n) is 14.7. The van der Waals surface area contributed by atoms with Crippen LogP contribution < -0.4 is 4.74 Å². The van der Waals surface area contributed by atoms with Crippen LogP contribution in [0.2, 0.25) is 0 Å². The average molecular weight is 428 g/mol. The summed E-state index contributed by atoms with van der Waals surface area (Å²) in [5.41, 5.74) is 1.19. The highest BCUT2D eigenvalue weighted by Gasteiger charge is 2.45. The van der Waals surface area contributed by atoms with Crippen LogP contribution in [0, 0.1) is 0 Å². The predicted octanol–water partition coefficient (Wildman–Crippen LogP) is 4.07. The number of hydrogen-bond donors (Lipinski definition) is 1. The Balaban J connectivity index is 2.20. The minimum absolute atomic E-state index is 0.0532. The number of ketones is 1. The van der Waals surface area contributed by atoms with Crippen molar-refractivity contribution in [1.82, 2.24) is 4.90 Å². The van der Waals surface area contributed by atoms with Crippen LogP contribution in [0.1, 0.15) is 17.2 Å². The quantitative estimate of drug-likeness (QED) is 0.338. The molecule has 2 aromatic carbocycles. The first-order valence-electron chi connectivity index (χ1n) is 8.27. The van der Waals surface area contributed by atoms with Gasteiger partial charge in [0, 0.05) is 16.6 Å². The summed E-state index contributed by atoms with van der Waals surface area (Å²) in [5.74, 6) is -0.993. The number of carbonyl (C=O) groups excluding carboxylic acids is 2. The number of amides is 1. The fourth-order valence-corrected chi connectivity index (χ4v) is 3.39. The molecule has 0 spiro atoms. The Morgan fingerprint density at radius 3 is 2.59 bits per heavy atom. The summed E-state index contributed by atoms with van der Waals surface area (Å²) in [5, 5.41) is 10.9. The summed E-state index contributed by atoms with van der Waals surface area (Å²) in [6.45, 7) is 3.85. The van der Waals surface area contributed by atoms with Gasteiger partial charge in [0.2, 0.25) is 0 Å². The van der Waals surface area contributed by atoms with Crippen molar-refractivity contribution in [3.63, 3.8) is 0 Å². The van der Waals surface area contributed by atoms with Gasteiger partial charge in [0.25, 0.3) is 11.7 Å². The summed E-state index contributed by atoms with van der Waals surface area (Å²) in [6, 6.07) is 13.3. The fourth-order valence-electron chi connectivity index (χ4n) is 3.13. The number of Topliss-reactive ketones (excluding diaryl/α,β-unsaturated/α-hetero) is 1. The molecule has 1 amide bonds. The topological polar surface area (TPSA) is 66.8 Å². The van der Waals surface area contributed by atoms with E-state index in [9.17, 15) is 14.7 Å². The van der Waals surface area contributed by atoms with Gasteiger partial charge in [-0.15, -0.1) is 6.58 Å². The molecule has 0 aliphatic carbocycles. The maximum atomic E-state index is 12.7. The van der Waals surface area contributed by atoms with Gasteiger partial charge in [-0.25, -0.2) is 0 Å². The molecule has 0 radical (unpaired) electrons. The van der Waals surface area contributed by atoms with Crippen molar-refractivity contribution in [3.8, 4) is 5.75 Å². The Hall–Kier alpha value is -2.86. The molecule has 1 saturated heterocycles. The van der Waals surface area contributed by atoms with Gasteiger partial charge in [-0.05, 0) is 29.8 Å². The molecular weight excluding hydrogens is 410 g/mol. The highest BCUT2D eigenvalue weighted by molar-refractivity contribution is 9.10. The Bertz CT molecular complexity index is 933. The molecule has 1 N–H and O–H groups in total. The highest BCUT2D eigenvalue weighted by Crippen LogP contribution is 2.40. The van der Waals surface area contributed by atoms with E-state index >= 15 is 0 Å². The molecule has 3 rings (SSSR count). The number of aliphatic hydroxyl groups is 1. The molecule has 138 valence electrons. The standard InChI is InChI=1S/C21H18BrNO4/c1-3-11-23-18(14-5-4-6-16(12-14)27-2)17(20(25)21(23)26)19(24)13-7-9-15(22)10-8-13/h3-10,12,18,24H,1,11H2,2H3. The molecule has 0 bridgehead atoms. The van der Waals surface area contributed by atoms with Gasteiger partial charge < -0.3 is 14.7 Å². The number of nitrogens with zero attached hydrogens (tertiary/aromatic N) is 1. The van der Waals surface area contributed by atoms with Gasteiger partial charge in [0.15, 0.2) is 0 Å². The lowest BCUT2D eigenvalue weighted by molar-refractivity contribution is -0.139. The predicted molar refractivity (Wildman–Crippen MR) is 106 cm³/mol. The summed E-state index contributed by atoms with van der Waals surface area (Å²) in [6.07, 6.45) is 1.55. The highest BCUT2D eigenvalue weighted by atomic mass is 79.9. The van der Waals surface area contributed by atoms with Crippen molar-refractivity contribution < 1.29 is 19.4 Å². The lowest BCUT2D eigenvalue weighted by Gasteiger charge is -2.24. The molecule has 1 unspecified atom stereocenters. The number of hydrogen-bond acceptors (Lipinski definition) is 4. The first-order chi connectivity index (χ1) is 13.0. The van der Waals surface area contributed by atoms with Crippen LogP contribution in [0.15, 0.2) is 71.2 Å². The monoisotopic (exact) mass is 427 g/mol. The molecule has 5 nitrogen and oxygen atoms in total. The van der Waals surface area contributed by atoms with Crippen LogP contribution in [0.25, 0.3) is 5.76 Å². The molecule has 0 saturated carbocycles. The van der Waals surface area contributed by atoms with Crippen molar-refractivity contribution in [1.29, 1.82) is 0 Å². The van der Waals surface area contributed by atoms with E-state index in [0.717, 1.165) is 4.47 Å². The number of halogens is 1. The van der Waals surface area contributed by atoms with Crippen molar-refractivity contribution in [2.24, 2.45) is 0 Å². The summed E-state index contributed by atoms with van der Waals surface area (Å²) < 4.78 is 6.11. The Kier molecular flexibility index (Phi) is 5.46. The van der Waals surface area contributed by atoms with Gasteiger partial charge in [0.1, 0.15) is 11.5 Å². The van der Waals surface area contributed by atoms with E-state index in [0.29, 0.717) is 16.9 Å². The molecule has 1 heterocycles. The first kappa shape index (κ1) is 18.9. The van der Waals surface area contributed by atoms with Crippen molar-refractivity contribution in [2.75, 3.05) is 13.7 Å². The van der Waals surface area contributed by atoms with E-state index in [4.69, 9.17) is 4.74 Å². The molecule has 27 heavy (non-hydrogen) atoms. The number of methoxy groups -OCH3 is 1. The molecule has 1 aliphatic heterocycles. The SMILES string of the molecule is C=CCN1C(=O)C(=O)C(=C(O)c2ccc(Br)cc2)C1c1cccc(OC)c1. The Morgan fingerprint density at radius 2 is 1.96 bits per heavy atom. The van der Waals surface area contributed by atoms with Crippen LogP contribution in [-0.2, 0) is 9.59 Å². The van der Waals surface area contributed by atoms with E-state index in [1.807, 2.05) is 0 Å². The van der Waals surface area contributed by atoms with Gasteiger partial charge in [0.05, 0.1) is 18.7 Å².